The van der Waals surface area contributed by atoms with Gasteiger partial charge >= 0.3 is 11.9 Å². The third kappa shape index (κ3) is 37.3. The van der Waals surface area contributed by atoms with Crippen molar-refractivity contribution in [2.24, 2.45) is 44.6 Å². The van der Waals surface area contributed by atoms with E-state index in [2.05, 4.69) is 105 Å². The smallest absolute Gasteiger partial charge is 0.326 e. The number of aromatic hydroxyl groups is 1. The molecule has 6 rings (SSSR count). The molecule has 1 fully saturated rings. The molecule has 748 valence electrons. The standard InChI is InChI=1S/C86H124N26O24S/c1-6-44(2)69(84(135)136)110-71(122)45(3)100-82(133)70(46(4)115)111-81(132)64-21-14-29-112(64)83(134)63(42-114)103-67(119)40-98-74(125)60(33-49-36-95-54-18-11-10-17-52(49)54)109-76(127)56(20-13-28-94-86(90)91)105-77(128)58(31-47-15-8-7-9-16-47)107-79(130)61(34-50-37-92-43-99-50)101-65(117)39-97-73(124)57(26-30-137-5)106-75(126)55(19-12-27-93-85(88)89)104-78(129)59(32-48-22-24-51(116)25-23-48)108-80(131)62(41-113)102-66(118)38-96-72(123)53(87)35-68(120)121/h7-11,15-18,22-25,36-37,43-46,53,55-64,69-70,95,113-116H,6,12-14,19-21,26-35,38-42,87H2,1-5H3,(H,92,99)(H,96,123)(H,97,124)(H,98,125)(H,100,133)(H,101,117)(H,102,118)(H,103,119)(H,104,129)(H,105,128)(H,106,126)(H,107,130)(H,108,131)(H,109,127)(H,110,122)(H,111,132)(H,120,121)(H,135,136)(H4,88,89,93)(H4,90,91,94)/t44-,45-,46+,53-,55-,56-,57-,58-,59-,60-,61-,62-,63-,64-,69-,70-/m0/s1. The number of carboxylic acid groups (broad SMARTS) is 2. The van der Waals surface area contributed by atoms with Gasteiger partial charge in [-0.2, -0.15) is 11.8 Å². The summed E-state index contributed by atoms with van der Waals surface area (Å²) < 4.78 is 0. The Hall–Kier alpha value is -14.6. The first-order valence-corrected chi connectivity index (χ1v) is 45.3. The number of carboxylic acids is 2. The number of phenolic OH excluding ortho intramolecular Hbond substituents is 1. The van der Waals surface area contributed by atoms with Gasteiger partial charge in [0.25, 0.3) is 0 Å². The number of nitrogens with two attached hydrogens (primary N) is 5. The van der Waals surface area contributed by atoms with Crippen LogP contribution in [0.15, 0.2) is 108 Å². The monoisotopic (exact) mass is 1940 g/mol. The second-order valence-electron chi connectivity index (χ2n) is 32.4. The number of aromatic nitrogens is 3. The Morgan fingerprint density at radius 1 is 0.518 bits per heavy atom. The van der Waals surface area contributed by atoms with Crippen LogP contribution >= 0.6 is 11.8 Å². The van der Waals surface area contributed by atoms with Gasteiger partial charge in [-0.15, -0.1) is 0 Å². The van der Waals surface area contributed by atoms with Crippen molar-refractivity contribution in [3.05, 3.63) is 120 Å². The molecule has 0 spiro atoms. The molecule has 0 bridgehead atoms. The van der Waals surface area contributed by atoms with Crippen molar-refractivity contribution in [1.82, 2.24) is 99.6 Å². The number of phenols is 1. The molecule has 1 aliphatic rings. The molecule has 16 atom stereocenters. The van der Waals surface area contributed by atoms with E-state index in [-0.39, 0.29) is 119 Å². The summed E-state index contributed by atoms with van der Waals surface area (Å²) >= 11 is 1.26. The minimum Gasteiger partial charge on any atom is -0.508 e. The van der Waals surface area contributed by atoms with Crippen LogP contribution in [0.2, 0.25) is 0 Å². The second-order valence-corrected chi connectivity index (χ2v) is 33.4. The maximum absolute atomic E-state index is 15.2. The van der Waals surface area contributed by atoms with Gasteiger partial charge in [0.2, 0.25) is 94.5 Å². The minimum atomic E-state index is -1.78. The van der Waals surface area contributed by atoms with Gasteiger partial charge in [0.05, 0.1) is 63.4 Å². The fraction of sp³-hybridized carbons (Fsp3) is 0.500. The number of amides is 16. The zero-order valence-corrected chi connectivity index (χ0v) is 77.0. The van der Waals surface area contributed by atoms with Crippen molar-refractivity contribution >= 4 is 141 Å². The van der Waals surface area contributed by atoms with Crippen LogP contribution in [0.4, 0.5) is 0 Å². The lowest BCUT2D eigenvalue weighted by atomic mass is 9.99. The normalized spacial score (nSPS) is 15.5. The largest absolute Gasteiger partial charge is 0.508 e. The zero-order chi connectivity index (χ0) is 101. The lowest BCUT2D eigenvalue weighted by Crippen LogP contribution is -2.61. The number of aromatic amines is 2. The van der Waals surface area contributed by atoms with Crippen molar-refractivity contribution in [3.8, 4) is 5.75 Å². The Morgan fingerprint density at radius 3 is 1.50 bits per heavy atom. The van der Waals surface area contributed by atoms with E-state index in [0.717, 1.165) is 4.90 Å². The number of imidazole rings is 1. The number of guanidine groups is 2. The number of hydrogen-bond donors (Lipinski definition) is 28. The van der Waals surface area contributed by atoms with Gasteiger partial charge < -0.3 is 154 Å². The summed E-state index contributed by atoms with van der Waals surface area (Å²) in [7, 11) is 0. The number of aliphatic carboxylic acids is 2. The molecule has 1 saturated heterocycles. The van der Waals surface area contributed by atoms with Crippen molar-refractivity contribution in [2.75, 3.05) is 64.5 Å². The quantitative estimate of drug-likeness (QED) is 0.00976. The number of hydrogen-bond acceptors (Lipinski definition) is 27. The van der Waals surface area contributed by atoms with Crippen LogP contribution in [0.5, 0.6) is 5.75 Å². The van der Waals surface area contributed by atoms with Crippen molar-refractivity contribution in [3.63, 3.8) is 0 Å². The number of rotatable bonds is 58. The number of aliphatic hydroxyl groups is 3. The summed E-state index contributed by atoms with van der Waals surface area (Å²) in [4.78, 5) is 267. The molecule has 51 heteroatoms. The number of aliphatic imine (C=N–C) groups is 2. The van der Waals surface area contributed by atoms with Crippen molar-refractivity contribution < 1.29 is 117 Å². The number of nitrogens with one attached hydrogen (secondary N) is 17. The average Bonchev–Trinajstić information content (AvgIpc) is 1.69. The van der Waals surface area contributed by atoms with Crippen LogP contribution in [0, 0.1) is 5.92 Å². The predicted octanol–water partition coefficient (Wildman–Crippen LogP) is -8.80. The number of carbonyl (C=O) groups excluding carboxylic acids is 16. The summed E-state index contributed by atoms with van der Waals surface area (Å²) in [5.74, 6) is -19.8. The van der Waals surface area contributed by atoms with E-state index in [4.69, 9.17) is 33.8 Å². The first-order valence-electron chi connectivity index (χ1n) is 43.9. The average molecular weight is 1940 g/mol. The SMILES string of the molecule is CC[C@H](C)[C@H](NC(=O)[C@H](C)NC(=O)[C@@H](NC(=O)[C@@H]1CCCN1C(=O)[C@H](CO)NC(=O)CNC(=O)[C@H](Cc1c[nH]c2ccccc12)NC(=O)[C@H](CCCN=C(N)N)NC(=O)[C@H](Cc1ccccc1)NC(=O)[C@H](Cc1c[nH]cn1)NC(=O)CNC(=O)[C@H](CCSC)NC(=O)[C@H](CCCN=C(N)N)NC(=O)[C@H](Cc1ccc(O)cc1)NC(=O)[C@H](CO)NC(=O)CNC(=O)[C@@H](N)CC(=O)O)[C@@H](C)O)C(=O)O. The highest BCUT2D eigenvalue weighted by atomic mass is 32.2. The predicted molar refractivity (Wildman–Crippen MR) is 495 cm³/mol. The molecular formula is C86H124N26O24S. The van der Waals surface area contributed by atoms with E-state index in [1.54, 1.807) is 80.9 Å². The van der Waals surface area contributed by atoms with Crippen LogP contribution in [0.25, 0.3) is 10.9 Å². The zero-order valence-electron chi connectivity index (χ0n) is 76.1. The molecule has 16 amide bonds. The highest BCUT2D eigenvalue weighted by molar-refractivity contribution is 7.98. The Morgan fingerprint density at radius 2 is 0.993 bits per heavy atom. The highest BCUT2D eigenvalue weighted by Crippen LogP contribution is 2.23. The van der Waals surface area contributed by atoms with Gasteiger partial charge in [-0.05, 0) is 112 Å². The van der Waals surface area contributed by atoms with Gasteiger partial charge in [0.15, 0.2) is 11.9 Å². The lowest BCUT2D eigenvalue weighted by molar-refractivity contribution is -0.144. The molecule has 0 radical (unpaired) electrons. The number of fused-ring (bicyclic) bond motifs is 1. The molecular weight excluding hydrogens is 1810 g/mol. The molecule has 0 aliphatic carbocycles. The summed E-state index contributed by atoms with van der Waals surface area (Å²) in [5, 5.41) is 97.8. The van der Waals surface area contributed by atoms with Crippen LogP contribution in [-0.4, -0.2) is 324 Å². The molecule has 3 aromatic carbocycles. The number of nitrogens with zero attached hydrogens (tertiary/aromatic N) is 4. The molecule has 2 aromatic heterocycles. The van der Waals surface area contributed by atoms with Gasteiger partial charge in [-0.1, -0.05) is 80.9 Å². The van der Waals surface area contributed by atoms with E-state index in [1.165, 1.54) is 62.4 Å². The molecule has 33 N–H and O–H groups in total. The van der Waals surface area contributed by atoms with Crippen LogP contribution < -0.4 is 108 Å². The Balaban J connectivity index is 1.19. The van der Waals surface area contributed by atoms with E-state index >= 15 is 9.59 Å². The molecule has 5 aromatic rings. The number of likely N-dealkylation sites (tertiary alicyclic amines) is 1. The van der Waals surface area contributed by atoms with E-state index in [9.17, 15) is 102 Å². The summed E-state index contributed by atoms with van der Waals surface area (Å²) in [5.41, 5.74) is 30.2. The van der Waals surface area contributed by atoms with Gasteiger partial charge in [0.1, 0.15) is 84.3 Å². The van der Waals surface area contributed by atoms with Crippen molar-refractivity contribution in [1.29, 1.82) is 0 Å². The molecule has 1 aliphatic heterocycles. The maximum atomic E-state index is 15.2. The number of aliphatic hydroxyl groups excluding tert-OH is 3. The number of thioether (sulfide) groups is 1. The molecule has 3 heterocycles. The van der Waals surface area contributed by atoms with Crippen LogP contribution in [0.1, 0.15) is 108 Å². The van der Waals surface area contributed by atoms with Crippen LogP contribution in [0.3, 0.4) is 0 Å². The first kappa shape index (κ1) is 111. The highest BCUT2D eigenvalue weighted by Gasteiger charge is 2.42. The fourth-order valence-corrected chi connectivity index (χ4v) is 14.6. The second kappa shape index (κ2) is 56.6. The van der Waals surface area contributed by atoms with Gasteiger partial charge in [-0.3, -0.25) is 91.5 Å². The van der Waals surface area contributed by atoms with Crippen molar-refractivity contribution in [2.45, 2.75) is 202 Å². The van der Waals surface area contributed by atoms with Gasteiger partial charge in [0, 0.05) is 68.6 Å². The summed E-state index contributed by atoms with van der Waals surface area (Å²) in [6.07, 6.45) is 2.41. The van der Waals surface area contributed by atoms with E-state index < -0.39 is 242 Å². The third-order valence-corrected chi connectivity index (χ3v) is 22.4. The number of benzene rings is 3. The lowest BCUT2D eigenvalue weighted by Gasteiger charge is -2.30. The molecule has 0 unspecified atom stereocenters. The maximum Gasteiger partial charge on any atom is 0.326 e. The third-order valence-electron chi connectivity index (χ3n) is 21.8. The first-order chi connectivity index (χ1) is 65.1. The van der Waals surface area contributed by atoms with E-state index in [0.29, 0.717) is 34.0 Å². The fourth-order valence-electron chi connectivity index (χ4n) is 14.1. The summed E-state index contributed by atoms with van der Waals surface area (Å²) in [6, 6.07) is -1.24. The Labute approximate surface area is 790 Å². The van der Waals surface area contributed by atoms with Gasteiger partial charge in [-0.25, -0.2) is 9.78 Å². The van der Waals surface area contributed by atoms with E-state index in [1.807, 2.05) is 0 Å². The Kier molecular flexibility index (Phi) is 45.9. The number of carbonyl (C=O) groups is 18. The topological polar surface area (TPSA) is 812 Å². The minimum absolute atomic E-state index is 0.00447. The number of H-pyrrole nitrogens is 2. The Bertz CT molecular complexity index is 5020. The van der Waals surface area contributed by atoms with Crippen LogP contribution in [-0.2, 0) is 112 Å². The molecule has 0 saturated carbocycles. The molecule has 50 nitrogen and oxygen atoms in total. The number of para-hydroxylation sites is 1. The summed E-state index contributed by atoms with van der Waals surface area (Å²) in [6.45, 7) is 0.806. The molecule has 137 heavy (non-hydrogen) atoms.